The molecular formula is C16H18O2. The van der Waals surface area contributed by atoms with Crippen molar-refractivity contribution in [3.8, 4) is 5.75 Å². The molecule has 18 heavy (non-hydrogen) atoms. The van der Waals surface area contributed by atoms with Crippen LogP contribution in [0.2, 0.25) is 0 Å². The van der Waals surface area contributed by atoms with Gasteiger partial charge in [-0.3, -0.25) is 4.79 Å². The summed E-state index contributed by atoms with van der Waals surface area (Å²) in [6, 6.07) is 15.2. The second-order valence-electron chi connectivity index (χ2n) is 4.00. The summed E-state index contributed by atoms with van der Waals surface area (Å²) in [5, 5.41) is 0. The topological polar surface area (TPSA) is 26.3 Å². The molecule has 94 valence electrons. The van der Waals surface area contributed by atoms with E-state index in [0.29, 0.717) is 0 Å². The van der Waals surface area contributed by atoms with Gasteiger partial charge in [0.25, 0.3) is 0 Å². The zero-order chi connectivity index (χ0) is 13.4. The molecule has 0 aromatic heterocycles. The van der Waals surface area contributed by atoms with E-state index in [4.69, 9.17) is 4.74 Å². The number of methoxy groups -OCH3 is 1. The predicted molar refractivity (Wildman–Crippen MR) is 74.3 cm³/mol. The predicted octanol–water partition coefficient (Wildman–Crippen LogP) is 3.81. The summed E-state index contributed by atoms with van der Waals surface area (Å²) >= 11 is 0. The average molecular weight is 242 g/mol. The van der Waals surface area contributed by atoms with Crippen molar-refractivity contribution in [3.63, 3.8) is 0 Å². The highest BCUT2D eigenvalue weighted by molar-refractivity contribution is 5.74. The van der Waals surface area contributed by atoms with Crippen molar-refractivity contribution in [2.24, 2.45) is 0 Å². The highest BCUT2D eigenvalue weighted by atomic mass is 16.5. The molecule has 2 aromatic carbocycles. The van der Waals surface area contributed by atoms with E-state index in [0.717, 1.165) is 17.6 Å². The van der Waals surface area contributed by atoms with Gasteiger partial charge in [-0.25, -0.2) is 0 Å². The quantitative estimate of drug-likeness (QED) is 0.748. The SMILES string of the molecule is COc1ccc(C)cc1C.O=Cc1ccccc1. The van der Waals surface area contributed by atoms with Gasteiger partial charge < -0.3 is 4.74 Å². The Bertz CT molecular complexity index is 490. The van der Waals surface area contributed by atoms with Crippen molar-refractivity contribution in [1.29, 1.82) is 0 Å². The molecule has 0 heterocycles. The first kappa shape index (κ1) is 14.0. The molecule has 0 aliphatic carbocycles. The van der Waals surface area contributed by atoms with Crippen molar-refractivity contribution in [2.45, 2.75) is 13.8 Å². The summed E-state index contributed by atoms with van der Waals surface area (Å²) in [6.45, 7) is 4.12. The molecule has 0 N–H and O–H groups in total. The molecular weight excluding hydrogens is 224 g/mol. The Morgan fingerprint density at radius 3 is 2.11 bits per heavy atom. The third kappa shape index (κ3) is 4.42. The fourth-order valence-corrected chi connectivity index (χ4v) is 1.56. The van der Waals surface area contributed by atoms with E-state index in [2.05, 4.69) is 13.0 Å². The molecule has 2 nitrogen and oxygen atoms in total. The molecule has 2 rings (SSSR count). The van der Waals surface area contributed by atoms with E-state index in [-0.39, 0.29) is 0 Å². The van der Waals surface area contributed by atoms with Crippen LogP contribution < -0.4 is 4.74 Å². The monoisotopic (exact) mass is 242 g/mol. The van der Waals surface area contributed by atoms with E-state index < -0.39 is 0 Å². The maximum Gasteiger partial charge on any atom is 0.150 e. The van der Waals surface area contributed by atoms with Gasteiger partial charge in [0.2, 0.25) is 0 Å². The normalized spacial score (nSPS) is 9.06. The summed E-state index contributed by atoms with van der Waals surface area (Å²) in [5.74, 6) is 0.964. The second-order valence-corrected chi connectivity index (χ2v) is 4.00. The maximum atomic E-state index is 10.0. The van der Waals surface area contributed by atoms with Crippen molar-refractivity contribution < 1.29 is 9.53 Å². The Labute approximate surface area is 108 Å². The van der Waals surface area contributed by atoms with Crippen molar-refractivity contribution >= 4 is 6.29 Å². The molecule has 2 aromatic rings. The summed E-state index contributed by atoms with van der Waals surface area (Å²) in [5.41, 5.74) is 3.20. The molecule has 0 atom stereocenters. The molecule has 0 fully saturated rings. The molecule has 0 radical (unpaired) electrons. The highest BCUT2D eigenvalue weighted by Gasteiger charge is 1.94. The van der Waals surface area contributed by atoms with E-state index in [1.165, 1.54) is 11.1 Å². The van der Waals surface area contributed by atoms with Crippen LogP contribution in [0.25, 0.3) is 0 Å². The van der Waals surface area contributed by atoms with Gasteiger partial charge >= 0.3 is 0 Å². The van der Waals surface area contributed by atoms with Gasteiger partial charge in [0.15, 0.2) is 0 Å². The number of rotatable bonds is 2. The van der Waals surface area contributed by atoms with Gasteiger partial charge in [0.05, 0.1) is 7.11 Å². The largest absolute Gasteiger partial charge is 0.496 e. The molecule has 0 saturated carbocycles. The second kappa shape index (κ2) is 7.28. The highest BCUT2D eigenvalue weighted by Crippen LogP contribution is 2.17. The summed E-state index contributed by atoms with van der Waals surface area (Å²) < 4.78 is 5.10. The first-order valence-electron chi connectivity index (χ1n) is 5.79. The molecule has 0 aliphatic heterocycles. The summed E-state index contributed by atoms with van der Waals surface area (Å²) in [4.78, 5) is 10.0. The van der Waals surface area contributed by atoms with Crippen LogP contribution >= 0.6 is 0 Å². The lowest BCUT2D eigenvalue weighted by Crippen LogP contribution is -1.86. The minimum Gasteiger partial charge on any atom is -0.496 e. The Balaban J connectivity index is 0.000000184. The number of carbonyl (C=O) groups is 1. The fraction of sp³-hybridized carbons (Fsp3) is 0.188. The third-order valence-corrected chi connectivity index (χ3v) is 2.49. The van der Waals surface area contributed by atoms with E-state index in [1.54, 1.807) is 19.2 Å². The number of aryl methyl sites for hydroxylation is 2. The average Bonchev–Trinajstić information content (AvgIpc) is 2.40. The molecule has 2 heteroatoms. The number of hydrogen-bond acceptors (Lipinski definition) is 2. The number of ether oxygens (including phenoxy) is 1. The van der Waals surface area contributed by atoms with Gasteiger partial charge in [0.1, 0.15) is 12.0 Å². The van der Waals surface area contributed by atoms with Gasteiger partial charge in [-0.15, -0.1) is 0 Å². The fourth-order valence-electron chi connectivity index (χ4n) is 1.56. The van der Waals surface area contributed by atoms with Crippen LogP contribution in [0.5, 0.6) is 5.75 Å². The van der Waals surface area contributed by atoms with Crippen LogP contribution in [-0.4, -0.2) is 13.4 Å². The Morgan fingerprint density at radius 1 is 1.00 bits per heavy atom. The van der Waals surface area contributed by atoms with Crippen LogP contribution in [0.3, 0.4) is 0 Å². The Morgan fingerprint density at radius 2 is 1.67 bits per heavy atom. The van der Waals surface area contributed by atoms with Crippen molar-refractivity contribution in [2.75, 3.05) is 7.11 Å². The van der Waals surface area contributed by atoms with Gasteiger partial charge in [-0.2, -0.15) is 0 Å². The zero-order valence-corrected chi connectivity index (χ0v) is 11.0. The molecule has 0 spiro atoms. The van der Waals surface area contributed by atoms with Crippen LogP contribution in [0.15, 0.2) is 48.5 Å². The smallest absolute Gasteiger partial charge is 0.150 e. The third-order valence-electron chi connectivity index (χ3n) is 2.49. The van der Waals surface area contributed by atoms with Crippen molar-refractivity contribution in [1.82, 2.24) is 0 Å². The molecule has 0 unspecified atom stereocenters. The minimum atomic E-state index is 0.729. The first-order valence-corrected chi connectivity index (χ1v) is 5.79. The van der Waals surface area contributed by atoms with Crippen LogP contribution in [-0.2, 0) is 0 Å². The van der Waals surface area contributed by atoms with Crippen LogP contribution in [0.4, 0.5) is 0 Å². The van der Waals surface area contributed by atoms with Gasteiger partial charge in [-0.05, 0) is 25.5 Å². The molecule has 0 bridgehead atoms. The molecule has 0 amide bonds. The van der Waals surface area contributed by atoms with Crippen LogP contribution in [0.1, 0.15) is 21.5 Å². The van der Waals surface area contributed by atoms with Crippen molar-refractivity contribution in [3.05, 3.63) is 65.2 Å². The number of hydrogen-bond donors (Lipinski definition) is 0. The van der Waals surface area contributed by atoms with Gasteiger partial charge in [0, 0.05) is 5.56 Å². The molecule has 0 saturated heterocycles. The lowest BCUT2D eigenvalue weighted by molar-refractivity contribution is 0.112. The Hall–Kier alpha value is -2.09. The van der Waals surface area contributed by atoms with Crippen LogP contribution in [0, 0.1) is 13.8 Å². The first-order chi connectivity index (χ1) is 8.67. The minimum absolute atomic E-state index is 0.729. The maximum absolute atomic E-state index is 10.0. The summed E-state index contributed by atoms with van der Waals surface area (Å²) in [7, 11) is 1.69. The lowest BCUT2D eigenvalue weighted by atomic mass is 10.1. The van der Waals surface area contributed by atoms with E-state index >= 15 is 0 Å². The van der Waals surface area contributed by atoms with Gasteiger partial charge in [-0.1, -0.05) is 48.0 Å². The Kier molecular flexibility index (Phi) is 5.65. The van der Waals surface area contributed by atoms with E-state index in [9.17, 15) is 4.79 Å². The lowest BCUT2D eigenvalue weighted by Gasteiger charge is -2.03. The summed E-state index contributed by atoms with van der Waals surface area (Å²) in [6.07, 6.45) is 0.833. The standard InChI is InChI=1S/C9H12O.C7H6O/c1-7-4-5-9(10-3)8(2)6-7;8-6-7-4-2-1-3-5-7/h4-6H,1-3H3;1-6H. The number of benzene rings is 2. The number of aldehydes is 1. The molecule has 0 aliphatic rings. The number of carbonyl (C=O) groups excluding carboxylic acids is 1. The van der Waals surface area contributed by atoms with E-state index in [1.807, 2.05) is 37.3 Å². The zero-order valence-electron chi connectivity index (χ0n) is 11.0.